The lowest BCUT2D eigenvalue weighted by atomic mass is 9.80. The molecule has 0 fully saturated rings. The van der Waals surface area contributed by atoms with Gasteiger partial charge in [0.1, 0.15) is 0 Å². The Kier molecular flexibility index (Phi) is 4.83. The maximum atomic E-state index is 12.8. The highest BCUT2D eigenvalue weighted by molar-refractivity contribution is 6.05. The summed E-state index contributed by atoms with van der Waals surface area (Å²) in [7, 11) is 7.96. The summed E-state index contributed by atoms with van der Waals surface area (Å²) in [6.07, 6.45) is 3.38. The van der Waals surface area contributed by atoms with Crippen molar-refractivity contribution in [1.82, 2.24) is 14.8 Å². The molecule has 0 N–H and O–H groups in total. The molecule has 2 aliphatic rings. The number of fused-ring (bicyclic) bond motifs is 2. The van der Waals surface area contributed by atoms with E-state index >= 15 is 0 Å². The molecule has 5 heteroatoms. The average molecular weight is 329 g/mol. The van der Waals surface area contributed by atoms with Gasteiger partial charge in [-0.05, 0) is 59.9 Å². The van der Waals surface area contributed by atoms with E-state index in [9.17, 15) is 9.59 Å². The van der Waals surface area contributed by atoms with Crippen LogP contribution in [0.5, 0.6) is 0 Å². The smallest absolute Gasteiger partial charge is 0.169 e. The standard InChI is InChI=1S/C19H27N3O2/c1-21(2)10-12-5-7-16-14(18(12)23)9-15-17(20-16)8-6-13(19(15)24)11-22(3)4/h9,12-13H,5-8,10-11H2,1-4H3. The summed E-state index contributed by atoms with van der Waals surface area (Å²) in [5, 5.41) is 0. The Morgan fingerprint density at radius 3 is 1.67 bits per heavy atom. The van der Waals surface area contributed by atoms with Crippen molar-refractivity contribution in [2.24, 2.45) is 11.8 Å². The molecule has 2 unspecified atom stereocenters. The number of aromatic nitrogens is 1. The van der Waals surface area contributed by atoms with Crippen LogP contribution in [0.3, 0.4) is 0 Å². The summed E-state index contributed by atoms with van der Waals surface area (Å²) < 4.78 is 0. The molecule has 1 aromatic heterocycles. The third kappa shape index (κ3) is 3.28. The van der Waals surface area contributed by atoms with Crippen molar-refractivity contribution in [1.29, 1.82) is 0 Å². The molecular formula is C19H27N3O2. The summed E-state index contributed by atoms with van der Waals surface area (Å²) in [6, 6.07) is 1.85. The van der Waals surface area contributed by atoms with Gasteiger partial charge >= 0.3 is 0 Å². The van der Waals surface area contributed by atoms with Gasteiger partial charge in [-0.25, -0.2) is 0 Å². The van der Waals surface area contributed by atoms with Crippen LogP contribution in [-0.2, 0) is 12.8 Å². The number of aryl methyl sites for hydroxylation is 2. The van der Waals surface area contributed by atoms with Gasteiger partial charge < -0.3 is 9.80 Å². The minimum Gasteiger partial charge on any atom is -0.309 e. The lowest BCUT2D eigenvalue weighted by molar-refractivity contribution is 0.0871. The van der Waals surface area contributed by atoms with Crippen molar-refractivity contribution in [3.8, 4) is 0 Å². The van der Waals surface area contributed by atoms with E-state index in [0.29, 0.717) is 11.1 Å². The van der Waals surface area contributed by atoms with Gasteiger partial charge in [-0.1, -0.05) is 0 Å². The molecule has 130 valence electrons. The van der Waals surface area contributed by atoms with Gasteiger partial charge in [0.2, 0.25) is 0 Å². The minimum absolute atomic E-state index is 0.0172. The highest BCUT2D eigenvalue weighted by Gasteiger charge is 2.34. The van der Waals surface area contributed by atoms with Gasteiger partial charge in [0.15, 0.2) is 11.6 Å². The van der Waals surface area contributed by atoms with E-state index in [1.165, 1.54) is 0 Å². The van der Waals surface area contributed by atoms with Crippen LogP contribution < -0.4 is 0 Å². The maximum absolute atomic E-state index is 12.8. The largest absolute Gasteiger partial charge is 0.309 e. The summed E-state index contributed by atoms with van der Waals surface area (Å²) in [4.78, 5) is 34.5. The van der Waals surface area contributed by atoms with Crippen molar-refractivity contribution in [2.75, 3.05) is 41.3 Å². The van der Waals surface area contributed by atoms with E-state index in [0.717, 1.165) is 50.2 Å². The second-order valence-corrected chi connectivity index (χ2v) is 7.70. The molecular weight excluding hydrogens is 302 g/mol. The molecule has 1 heterocycles. The Bertz CT molecular complexity index is 614. The fourth-order valence-corrected chi connectivity index (χ4v) is 3.96. The highest BCUT2D eigenvalue weighted by Crippen LogP contribution is 2.31. The molecule has 0 aliphatic heterocycles. The van der Waals surface area contributed by atoms with Gasteiger partial charge in [-0.15, -0.1) is 0 Å². The van der Waals surface area contributed by atoms with E-state index in [1.54, 1.807) is 0 Å². The second-order valence-electron chi connectivity index (χ2n) is 7.70. The predicted molar refractivity (Wildman–Crippen MR) is 93.6 cm³/mol. The molecule has 1 aromatic rings. The molecule has 0 amide bonds. The zero-order chi connectivity index (χ0) is 17.4. The number of Topliss-reactive ketones (excluding diaryl/α,β-unsaturated/α-hetero) is 2. The van der Waals surface area contributed by atoms with Crippen molar-refractivity contribution < 1.29 is 9.59 Å². The molecule has 0 radical (unpaired) electrons. The van der Waals surface area contributed by atoms with E-state index < -0.39 is 0 Å². The third-order valence-corrected chi connectivity index (χ3v) is 5.08. The molecule has 2 atom stereocenters. The van der Waals surface area contributed by atoms with Crippen molar-refractivity contribution in [3.05, 3.63) is 28.6 Å². The third-order valence-electron chi connectivity index (χ3n) is 5.08. The van der Waals surface area contributed by atoms with E-state index in [1.807, 2.05) is 34.3 Å². The van der Waals surface area contributed by atoms with Gasteiger partial charge in [0.05, 0.1) is 11.4 Å². The number of ketones is 2. The number of carbonyl (C=O) groups is 2. The highest BCUT2D eigenvalue weighted by atomic mass is 16.1. The molecule has 0 bridgehead atoms. The number of rotatable bonds is 4. The van der Waals surface area contributed by atoms with Crippen molar-refractivity contribution in [3.63, 3.8) is 0 Å². The Balaban J connectivity index is 1.91. The number of pyridine rings is 1. The zero-order valence-electron chi connectivity index (χ0n) is 15.1. The summed E-state index contributed by atoms with van der Waals surface area (Å²) in [5.41, 5.74) is 3.16. The lowest BCUT2D eigenvalue weighted by Gasteiger charge is -2.29. The molecule has 2 aliphatic carbocycles. The van der Waals surface area contributed by atoms with E-state index in [-0.39, 0.29) is 23.4 Å². The quantitative estimate of drug-likeness (QED) is 0.841. The fourth-order valence-electron chi connectivity index (χ4n) is 3.96. The molecule has 0 saturated heterocycles. The first kappa shape index (κ1) is 17.2. The van der Waals surface area contributed by atoms with Crippen LogP contribution in [0.4, 0.5) is 0 Å². The SMILES string of the molecule is CN(C)CC1CCc2nc3c(cc2C1=O)C(=O)C(CN(C)C)CC3. The Hall–Kier alpha value is -1.59. The first-order valence-corrected chi connectivity index (χ1v) is 8.77. The molecule has 5 nitrogen and oxygen atoms in total. The minimum atomic E-state index is 0.0172. The first-order chi connectivity index (χ1) is 11.4. The van der Waals surface area contributed by atoms with Crippen LogP contribution in [0.25, 0.3) is 0 Å². The van der Waals surface area contributed by atoms with Crippen LogP contribution in [0, 0.1) is 11.8 Å². The Morgan fingerprint density at radius 2 is 1.29 bits per heavy atom. The number of nitrogens with zero attached hydrogens (tertiary/aromatic N) is 3. The van der Waals surface area contributed by atoms with Crippen LogP contribution >= 0.6 is 0 Å². The summed E-state index contributed by atoms with van der Waals surface area (Å²) >= 11 is 0. The Morgan fingerprint density at radius 1 is 0.875 bits per heavy atom. The average Bonchev–Trinajstić information content (AvgIpc) is 2.51. The topological polar surface area (TPSA) is 53.5 Å². The molecule has 0 spiro atoms. The fraction of sp³-hybridized carbons (Fsp3) is 0.632. The van der Waals surface area contributed by atoms with Crippen molar-refractivity contribution >= 4 is 11.6 Å². The molecule has 0 aromatic carbocycles. The lowest BCUT2D eigenvalue weighted by Crippen LogP contribution is -2.35. The monoisotopic (exact) mass is 329 g/mol. The maximum Gasteiger partial charge on any atom is 0.169 e. The van der Waals surface area contributed by atoms with Crippen LogP contribution in [0.1, 0.15) is 44.9 Å². The number of hydrogen-bond donors (Lipinski definition) is 0. The summed E-state index contributed by atoms with van der Waals surface area (Å²) in [5.74, 6) is 0.345. The molecule has 0 saturated carbocycles. The molecule has 24 heavy (non-hydrogen) atoms. The van der Waals surface area contributed by atoms with Gasteiger partial charge in [-0.2, -0.15) is 0 Å². The zero-order valence-corrected chi connectivity index (χ0v) is 15.1. The van der Waals surface area contributed by atoms with Crippen LogP contribution in [0.2, 0.25) is 0 Å². The van der Waals surface area contributed by atoms with Gasteiger partial charge in [0, 0.05) is 36.1 Å². The van der Waals surface area contributed by atoms with Crippen molar-refractivity contribution in [2.45, 2.75) is 25.7 Å². The van der Waals surface area contributed by atoms with Crippen LogP contribution in [-0.4, -0.2) is 67.6 Å². The number of carbonyl (C=O) groups excluding carboxylic acids is 2. The first-order valence-electron chi connectivity index (χ1n) is 8.77. The normalized spacial score (nSPS) is 23.6. The van der Waals surface area contributed by atoms with E-state index in [4.69, 9.17) is 4.98 Å². The predicted octanol–water partition coefficient (Wildman–Crippen LogP) is 1.70. The van der Waals surface area contributed by atoms with Gasteiger partial charge in [-0.3, -0.25) is 14.6 Å². The van der Waals surface area contributed by atoms with E-state index in [2.05, 4.69) is 9.80 Å². The Labute approximate surface area is 144 Å². The number of hydrogen-bond acceptors (Lipinski definition) is 5. The summed E-state index contributed by atoms with van der Waals surface area (Å²) in [6.45, 7) is 1.51. The second kappa shape index (κ2) is 6.73. The molecule has 3 rings (SSSR count). The van der Waals surface area contributed by atoms with Crippen LogP contribution in [0.15, 0.2) is 6.07 Å². The van der Waals surface area contributed by atoms with Gasteiger partial charge in [0.25, 0.3) is 0 Å².